The van der Waals surface area contributed by atoms with Crippen molar-refractivity contribution in [2.75, 3.05) is 18.8 Å². The number of nitrogens with one attached hydrogen (secondary N) is 3. The summed E-state index contributed by atoms with van der Waals surface area (Å²) < 4.78 is 2.04. The van der Waals surface area contributed by atoms with Crippen molar-refractivity contribution in [1.29, 1.82) is 0 Å². The number of hydrogen-bond acceptors (Lipinski definition) is 12. The second-order valence-electron chi connectivity index (χ2n) is 22.9. The molecule has 1 aliphatic heterocycles. The molecular formula is C63H77N11O5S. The van der Waals surface area contributed by atoms with E-state index < -0.39 is 23.6 Å². The van der Waals surface area contributed by atoms with Crippen molar-refractivity contribution >= 4 is 51.9 Å². The van der Waals surface area contributed by atoms with Crippen LogP contribution in [0.3, 0.4) is 0 Å². The number of imidazole rings is 1. The van der Waals surface area contributed by atoms with Crippen molar-refractivity contribution in [1.82, 2.24) is 45.4 Å². The lowest BCUT2D eigenvalue weighted by molar-refractivity contribution is -0.144. The zero-order valence-electron chi connectivity index (χ0n) is 46.7. The predicted octanol–water partition coefficient (Wildman–Crippen LogP) is 9.87. The summed E-state index contributed by atoms with van der Waals surface area (Å²) in [5.74, 6) is 0.182. The van der Waals surface area contributed by atoms with Crippen LogP contribution in [0.4, 0.5) is 5.82 Å². The molecule has 1 saturated heterocycles. The van der Waals surface area contributed by atoms with E-state index in [1.54, 1.807) is 17.5 Å². The van der Waals surface area contributed by atoms with Gasteiger partial charge in [-0.15, -0.1) is 11.3 Å². The molecule has 1 saturated carbocycles. The highest BCUT2D eigenvalue weighted by molar-refractivity contribution is 7.13. The number of rotatable bonds is 24. The number of aliphatic hydroxyl groups is 1. The van der Waals surface area contributed by atoms with E-state index in [0.717, 1.165) is 125 Å². The monoisotopic (exact) mass is 1100 g/mol. The van der Waals surface area contributed by atoms with Gasteiger partial charge in [-0.05, 0) is 116 Å². The van der Waals surface area contributed by atoms with Gasteiger partial charge in [-0.2, -0.15) is 0 Å². The number of amides is 4. The maximum atomic E-state index is 14.1. The van der Waals surface area contributed by atoms with Crippen molar-refractivity contribution in [2.24, 2.45) is 11.1 Å². The molecular weight excluding hydrogens is 1020 g/mol. The molecule has 0 radical (unpaired) electrons. The minimum atomic E-state index is -0.856. The Morgan fingerprint density at radius 3 is 2.23 bits per heavy atom. The molecule has 4 aromatic heterocycles. The van der Waals surface area contributed by atoms with Crippen LogP contribution in [0.15, 0.2) is 109 Å². The number of likely N-dealkylation sites (tertiary alicyclic amines) is 1. The number of fused-ring (bicyclic) bond motifs is 1. The number of aliphatic hydroxyl groups excluding tert-OH is 1. The number of hydrogen-bond donors (Lipinski definition) is 6. The van der Waals surface area contributed by atoms with Crippen LogP contribution in [0.25, 0.3) is 49.9 Å². The van der Waals surface area contributed by atoms with Crippen LogP contribution >= 0.6 is 11.3 Å². The topological polar surface area (TPSA) is 236 Å². The smallest absolute Gasteiger partial charge is 0.246 e. The molecule has 7 aromatic rings. The molecule has 0 bridgehead atoms. The van der Waals surface area contributed by atoms with Gasteiger partial charge in [0.25, 0.3) is 0 Å². The van der Waals surface area contributed by atoms with E-state index in [1.165, 1.54) is 4.90 Å². The number of thiazole rings is 1. The number of β-amino-alcohol motifs (C(OH)–C–C–N with tert-alkyl or cyclic N) is 1. The SMILES string of the molecule is Cc1ncsc1-c1ccc(CNC(=O)[C@@H]2C[C@@H](O)CN2C(=O)C(NC(=O)CCCCCCCCCCNC(=O)CCc2cccc(-c3ccc4nc(-c5cccnc5N)n(-c5ccc(C6(N)CCC6)cc5)c4n3)c2)C(C)(C)C)cc1. The highest BCUT2D eigenvalue weighted by atomic mass is 32.1. The number of aromatic nitrogens is 5. The van der Waals surface area contributed by atoms with E-state index in [2.05, 4.69) is 56.3 Å². The first kappa shape index (κ1) is 57.3. The quantitative estimate of drug-likeness (QED) is 0.0312. The van der Waals surface area contributed by atoms with E-state index >= 15 is 0 Å². The molecule has 2 fully saturated rings. The average Bonchev–Trinajstić information content (AvgIpc) is 4.20. The van der Waals surface area contributed by atoms with Crippen molar-refractivity contribution in [2.45, 2.75) is 154 Å². The lowest BCUT2D eigenvalue weighted by Crippen LogP contribution is -2.57. The fraction of sp³-hybridized carbons (Fsp3) is 0.429. The Kier molecular flexibility index (Phi) is 18.5. The summed E-state index contributed by atoms with van der Waals surface area (Å²) in [6, 6.07) is 30.6. The molecule has 3 atom stereocenters. The fourth-order valence-corrected chi connectivity index (χ4v) is 11.7. The van der Waals surface area contributed by atoms with E-state index in [0.29, 0.717) is 49.5 Å². The fourth-order valence-electron chi connectivity index (χ4n) is 10.9. The third kappa shape index (κ3) is 14.0. The number of unbranched alkanes of at least 4 members (excludes halogenated alkanes) is 7. The normalized spacial score (nSPS) is 16.3. The summed E-state index contributed by atoms with van der Waals surface area (Å²) in [5, 5.41) is 19.7. The van der Waals surface area contributed by atoms with Crippen LogP contribution in [0.1, 0.15) is 133 Å². The highest BCUT2D eigenvalue weighted by Crippen LogP contribution is 2.40. The third-order valence-electron chi connectivity index (χ3n) is 15.8. The molecule has 80 heavy (non-hydrogen) atoms. The summed E-state index contributed by atoms with van der Waals surface area (Å²) in [7, 11) is 0. The Morgan fingerprint density at radius 2 is 1.54 bits per heavy atom. The maximum absolute atomic E-state index is 14.1. The van der Waals surface area contributed by atoms with E-state index in [9.17, 15) is 24.3 Å². The van der Waals surface area contributed by atoms with Crippen LogP contribution in [0.2, 0.25) is 0 Å². The van der Waals surface area contributed by atoms with Crippen molar-refractivity contribution in [3.63, 3.8) is 0 Å². The van der Waals surface area contributed by atoms with Gasteiger partial charge in [-0.25, -0.2) is 19.9 Å². The molecule has 1 unspecified atom stereocenters. The summed E-state index contributed by atoms with van der Waals surface area (Å²) in [4.78, 5) is 75.1. The number of benzene rings is 3. The van der Waals surface area contributed by atoms with Gasteiger partial charge in [0.15, 0.2) is 11.5 Å². The Labute approximate surface area is 473 Å². The molecule has 8 N–H and O–H groups in total. The first-order valence-corrected chi connectivity index (χ1v) is 29.3. The van der Waals surface area contributed by atoms with Gasteiger partial charge in [0.1, 0.15) is 23.4 Å². The van der Waals surface area contributed by atoms with Gasteiger partial charge in [0, 0.05) is 61.9 Å². The molecule has 3 aromatic carbocycles. The number of anilines is 1. The van der Waals surface area contributed by atoms with Crippen LogP contribution in [0, 0.1) is 12.3 Å². The highest BCUT2D eigenvalue weighted by Gasteiger charge is 2.44. The summed E-state index contributed by atoms with van der Waals surface area (Å²) in [5.41, 5.74) is 23.9. The second-order valence-corrected chi connectivity index (χ2v) is 23.7. The number of pyridine rings is 2. The first-order chi connectivity index (χ1) is 38.5. The molecule has 16 nitrogen and oxygen atoms in total. The number of nitrogen functional groups attached to an aromatic ring is 1. The third-order valence-corrected chi connectivity index (χ3v) is 16.7. The molecule has 9 rings (SSSR count). The summed E-state index contributed by atoms with van der Waals surface area (Å²) >= 11 is 1.58. The molecule has 420 valence electrons. The summed E-state index contributed by atoms with van der Waals surface area (Å²) in [6.45, 7) is 8.62. The number of nitrogens with two attached hydrogens (primary N) is 2. The van der Waals surface area contributed by atoms with E-state index in [4.69, 9.17) is 21.4 Å². The van der Waals surface area contributed by atoms with E-state index in [-0.39, 0.29) is 48.7 Å². The largest absolute Gasteiger partial charge is 0.391 e. The zero-order chi connectivity index (χ0) is 56.4. The van der Waals surface area contributed by atoms with Crippen LogP contribution in [0.5, 0.6) is 0 Å². The van der Waals surface area contributed by atoms with Gasteiger partial charge in [-0.1, -0.05) is 114 Å². The Hall–Kier alpha value is -7.34. The van der Waals surface area contributed by atoms with Crippen molar-refractivity contribution in [3.8, 4) is 38.8 Å². The minimum absolute atomic E-state index is 0.0295. The molecule has 17 heteroatoms. The molecule has 2 aliphatic rings. The Balaban J connectivity index is 0.665. The minimum Gasteiger partial charge on any atom is -0.391 e. The second kappa shape index (κ2) is 25.8. The average molecular weight is 1100 g/mol. The number of nitrogens with zero attached hydrogens (tertiary/aromatic N) is 6. The van der Waals surface area contributed by atoms with Crippen LogP contribution in [-0.2, 0) is 37.7 Å². The van der Waals surface area contributed by atoms with E-state index in [1.807, 2.05) is 105 Å². The summed E-state index contributed by atoms with van der Waals surface area (Å²) in [6.07, 6.45) is 13.1. The first-order valence-electron chi connectivity index (χ1n) is 28.5. The zero-order valence-corrected chi connectivity index (χ0v) is 47.5. The van der Waals surface area contributed by atoms with Crippen LogP contribution < -0.4 is 27.4 Å². The molecule has 0 spiro atoms. The number of aryl methyl sites for hydroxylation is 2. The lowest BCUT2D eigenvalue weighted by Gasteiger charge is -2.38. The lowest BCUT2D eigenvalue weighted by atomic mass is 9.73. The Morgan fingerprint density at radius 1 is 0.800 bits per heavy atom. The molecule has 1 aliphatic carbocycles. The van der Waals surface area contributed by atoms with Crippen molar-refractivity contribution < 1.29 is 24.3 Å². The van der Waals surface area contributed by atoms with Gasteiger partial charge in [-0.3, -0.25) is 23.7 Å². The maximum Gasteiger partial charge on any atom is 0.246 e. The standard InChI is InChI=1S/C63H77N11O5S/c1-41-55(80-40-69-41)44-23-20-43(21-24-44)38-68-60(78)52-37-48(75)39-73(52)61(79)56(62(2,3)4)72-54(77)19-11-9-7-5-6-8-10-12-34-66-53(76)31-22-42-16-13-17-45(36-42)50-29-30-51-59(70-50)74(58(71-51)49-18-14-35-67-57(49)64)47-27-25-46(26-28-47)63(65)32-15-33-63/h13-14,16-18,20-21,23-30,35-36,40,48,52,56,75H,5-12,15,19,22,31-34,37-39,65H2,1-4H3,(H2,64,67)(H,66,76)(H,68,78)(H,72,77)/t48-,52+,56?/m1/s1. The van der Waals surface area contributed by atoms with Gasteiger partial charge in [0.2, 0.25) is 23.6 Å². The molecule has 5 heterocycles. The van der Waals surface area contributed by atoms with Crippen molar-refractivity contribution in [3.05, 3.63) is 131 Å². The number of carbonyl (C=O) groups is 4. The van der Waals surface area contributed by atoms with Crippen LogP contribution in [-0.4, -0.2) is 89.4 Å². The number of carbonyl (C=O) groups excluding carboxylic acids is 4. The van der Waals surface area contributed by atoms with Gasteiger partial charge in [0.05, 0.1) is 33.4 Å². The van der Waals surface area contributed by atoms with Gasteiger partial charge >= 0.3 is 0 Å². The predicted molar refractivity (Wildman–Crippen MR) is 316 cm³/mol. The van der Waals surface area contributed by atoms with Gasteiger partial charge < -0.3 is 37.4 Å². The Bertz CT molecular complexity index is 3270. The molecule has 4 amide bonds.